The molecule has 1 saturated heterocycles. The number of benzene rings is 1. The van der Waals surface area contributed by atoms with E-state index in [9.17, 15) is 9.90 Å². The first kappa shape index (κ1) is 14.0. The molecule has 0 aliphatic carbocycles. The van der Waals surface area contributed by atoms with E-state index in [4.69, 9.17) is 14.2 Å². The van der Waals surface area contributed by atoms with E-state index in [0.717, 1.165) is 0 Å². The molecular weight excluding hydrogens is 248 g/mol. The van der Waals surface area contributed by atoms with Gasteiger partial charge in [0.25, 0.3) is 0 Å². The molecule has 0 bridgehead atoms. The second-order valence-corrected chi connectivity index (χ2v) is 4.54. The lowest BCUT2D eigenvalue weighted by molar-refractivity contribution is -0.236. The molecule has 0 unspecified atom stereocenters. The summed E-state index contributed by atoms with van der Waals surface area (Å²) in [5.41, 5.74) is 0.461. The van der Waals surface area contributed by atoms with Crippen molar-refractivity contribution < 1.29 is 24.1 Å². The van der Waals surface area contributed by atoms with Gasteiger partial charge in [-0.15, -0.1) is 0 Å². The average Bonchev–Trinajstić information content (AvgIpc) is 2.44. The van der Waals surface area contributed by atoms with Gasteiger partial charge in [0.2, 0.25) is 0 Å². The van der Waals surface area contributed by atoms with Crippen molar-refractivity contribution in [3.63, 3.8) is 0 Å². The van der Waals surface area contributed by atoms with Crippen LogP contribution < -0.4 is 0 Å². The second-order valence-electron chi connectivity index (χ2n) is 4.54. The first-order valence-corrected chi connectivity index (χ1v) is 6.24. The van der Waals surface area contributed by atoms with Gasteiger partial charge < -0.3 is 19.3 Å². The molecule has 1 aromatic carbocycles. The molecule has 0 saturated carbocycles. The summed E-state index contributed by atoms with van der Waals surface area (Å²) in [5, 5.41) is 9.99. The van der Waals surface area contributed by atoms with Gasteiger partial charge in [0, 0.05) is 13.5 Å². The average molecular weight is 266 g/mol. The van der Waals surface area contributed by atoms with Crippen molar-refractivity contribution in [2.24, 2.45) is 0 Å². The third-order valence-corrected chi connectivity index (χ3v) is 3.18. The van der Waals surface area contributed by atoms with Crippen LogP contribution in [0.15, 0.2) is 30.3 Å². The molecule has 4 atom stereocenters. The predicted molar refractivity (Wildman–Crippen MR) is 67.6 cm³/mol. The topological polar surface area (TPSA) is 65.0 Å². The lowest BCUT2D eigenvalue weighted by Gasteiger charge is -2.36. The molecule has 2 rings (SSSR count). The molecule has 5 heteroatoms. The highest BCUT2D eigenvalue weighted by atomic mass is 16.7. The highest BCUT2D eigenvalue weighted by molar-refractivity contribution is 5.89. The van der Waals surface area contributed by atoms with E-state index in [1.165, 1.54) is 7.11 Å². The summed E-state index contributed by atoms with van der Waals surface area (Å²) < 4.78 is 15.8. The maximum atomic E-state index is 11.9. The molecule has 0 aromatic heterocycles. The molecule has 104 valence electrons. The van der Waals surface area contributed by atoms with Gasteiger partial charge in [-0.2, -0.15) is 0 Å². The summed E-state index contributed by atoms with van der Waals surface area (Å²) >= 11 is 0. The zero-order valence-corrected chi connectivity index (χ0v) is 11.0. The van der Waals surface area contributed by atoms with Crippen molar-refractivity contribution in [1.29, 1.82) is 0 Å². The Morgan fingerprint density at radius 3 is 2.68 bits per heavy atom. The molecule has 1 aliphatic rings. The van der Waals surface area contributed by atoms with Crippen molar-refractivity contribution in [3.05, 3.63) is 35.9 Å². The number of esters is 1. The fourth-order valence-corrected chi connectivity index (χ4v) is 2.06. The van der Waals surface area contributed by atoms with Crippen LogP contribution in [0.5, 0.6) is 0 Å². The first-order chi connectivity index (χ1) is 9.11. The molecular formula is C14H18O5. The summed E-state index contributed by atoms with van der Waals surface area (Å²) in [7, 11) is 1.52. The molecule has 0 amide bonds. The van der Waals surface area contributed by atoms with Crippen LogP contribution in [0.1, 0.15) is 23.7 Å². The summed E-state index contributed by atoms with van der Waals surface area (Å²) in [6.45, 7) is 1.72. The van der Waals surface area contributed by atoms with Crippen LogP contribution in [-0.2, 0) is 14.2 Å². The zero-order chi connectivity index (χ0) is 13.8. The number of hydrogen-bond acceptors (Lipinski definition) is 5. The number of hydrogen-bond donors (Lipinski definition) is 1. The molecule has 1 N–H and O–H groups in total. The van der Waals surface area contributed by atoms with Crippen LogP contribution in [-0.4, -0.2) is 42.8 Å². The quantitative estimate of drug-likeness (QED) is 0.837. The number of carbonyl (C=O) groups is 1. The van der Waals surface area contributed by atoms with Crippen LogP contribution in [0.3, 0.4) is 0 Å². The van der Waals surface area contributed by atoms with Crippen molar-refractivity contribution in [3.8, 4) is 0 Å². The van der Waals surface area contributed by atoms with E-state index in [0.29, 0.717) is 12.0 Å². The Labute approximate surface area is 112 Å². The molecule has 0 spiro atoms. The smallest absolute Gasteiger partial charge is 0.338 e. The summed E-state index contributed by atoms with van der Waals surface area (Å²) in [6.07, 6.45) is -2.06. The monoisotopic (exact) mass is 266 g/mol. The Bertz CT molecular complexity index is 419. The van der Waals surface area contributed by atoms with Crippen molar-refractivity contribution in [2.45, 2.75) is 37.9 Å². The SMILES string of the molecule is CO[C@H]1C[C@H](OC(=O)c2ccccc2)[C@@H](O)[C@@H](C)O1. The highest BCUT2D eigenvalue weighted by Gasteiger charge is 2.37. The van der Waals surface area contributed by atoms with E-state index >= 15 is 0 Å². The fraction of sp³-hybridized carbons (Fsp3) is 0.500. The van der Waals surface area contributed by atoms with E-state index in [1.807, 2.05) is 6.07 Å². The molecule has 0 radical (unpaired) electrons. The van der Waals surface area contributed by atoms with Gasteiger partial charge in [-0.1, -0.05) is 18.2 Å². The number of aliphatic hydroxyl groups excluding tert-OH is 1. The third-order valence-electron chi connectivity index (χ3n) is 3.18. The predicted octanol–water partition coefficient (Wildman–Crippen LogP) is 1.35. The number of methoxy groups -OCH3 is 1. The molecule has 1 aliphatic heterocycles. The van der Waals surface area contributed by atoms with Gasteiger partial charge in [-0.3, -0.25) is 0 Å². The number of carbonyl (C=O) groups excluding carboxylic acids is 1. The van der Waals surface area contributed by atoms with Crippen LogP contribution in [0.25, 0.3) is 0 Å². The van der Waals surface area contributed by atoms with Crippen molar-refractivity contribution in [2.75, 3.05) is 7.11 Å². The fourth-order valence-electron chi connectivity index (χ4n) is 2.06. The molecule has 1 aromatic rings. The molecule has 1 fully saturated rings. The minimum atomic E-state index is -0.848. The van der Waals surface area contributed by atoms with Crippen molar-refractivity contribution >= 4 is 5.97 Å². The van der Waals surface area contributed by atoms with Gasteiger partial charge >= 0.3 is 5.97 Å². The first-order valence-electron chi connectivity index (χ1n) is 6.24. The Morgan fingerprint density at radius 1 is 1.37 bits per heavy atom. The minimum absolute atomic E-state index is 0.320. The number of ether oxygens (including phenoxy) is 3. The lowest BCUT2D eigenvalue weighted by atomic mass is 10.0. The van der Waals surface area contributed by atoms with Gasteiger partial charge in [0.1, 0.15) is 12.2 Å². The van der Waals surface area contributed by atoms with E-state index in [-0.39, 0.29) is 0 Å². The van der Waals surface area contributed by atoms with Crippen LogP contribution >= 0.6 is 0 Å². The minimum Gasteiger partial charge on any atom is -0.456 e. The van der Waals surface area contributed by atoms with E-state index in [1.54, 1.807) is 31.2 Å². The largest absolute Gasteiger partial charge is 0.456 e. The second kappa shape index (κ2) is 6.14. The Morgan fingerprint density at radius 2 is 2.05 bits per heavy atom. The zero-order valence-electron chi connectivity index (χ0n) is 11.0. The molecule has 1 heterocycles. The third kappa shape index (κ3) is 3.32. The Balaban J connectivity index is 2.02. The van der Waals surface area contributed by atoms with Crippen LogP contribution in [0.2, 0.25) is 0 Å². The maximum absolute atomic E-state index is 11.9. The van der Waals surface area contributed by atoms with Gasteiger partial charge in [-0.25, -0.2) is 4.79 Å². The summed E-state index contributed by atoms with van der Waals surface area (Å²) in [4.78, 5) is 11.9. The van der Waals surface area contributed by atoms with Crippen LogP contribution in [0.4, 0.5) is 0 Å². The van der Waals surface area contributed by atoms with Gasteiger partial charge in [0.05, 0.1) is 11.7 Å². The summed E-state index contributed by atoms with van der Waals surface area (Å²) in [5.74, 6) is -0.450. The normalized spacial score (nSPS) is 30.9. The Hall–Kier alpha value is -1.43. The highest BCUT2D eigenvalue weighted by Crippen LogP contribution is 2.23. The Kier molecular flexibility index (Phi) is 4.52. The lowest BCUT2D eigenvalue weighted by Crippen LogP contribution is -2.49. The van der Waals surface area contributed by atoms with Crippen molar-refractivity contribution in [1.82, 2.24) is 0 Å². The molecule has 19 heavy (non-hydrogen) atoms. The standard InChI is InChI=1S/C14H18O5/c1-9-13(15)11(8-12(17-2)18-9)19-14(16)10-6-4-3-5-7-10/h3-7,9,11-13,15H,8H2,1-2H3/t9-,11+,12-,13+/m1/s1. The maximum Gasteiger partial charge on any atom is 0.338 e. The number of aliphatic hydroxyl groups is 1. The number of rotatable bonds is 3. The van der Waals surface area contributed by atoms with E-state index < -0.39 is 30.6 Å². The van der Waals surface area contributed by atoms with Crippen LogP contribution in [0, 0.1) is 0 Å². The van der Waals surface area contributed by atoms with Gasteiger partial charge in [-0.05, 0) is 19.1 Å². The molecule has 5 nitrogen and oxygen atoms in total. The summed E-state index contributed by atoms with van der Waals surface area (Å²) in [6, 6.07) is 8.69. The van der Waals surface area contributed by atoms with E-state index in [2.05, 4.69) is 0 Å². The van der Waals surface area contributed by atoms with Gasteiger partial charge in [0.15, 0.2) is 6.29 Å².